The first-order valence-electron chi connectivity index (χ1n) is 16.4. The molecule has 0 fully saturated rings. The summed E-state index contributed by atoms with van der Waals surface area (Å²) in [6, 6.07) is 21.1. The second kappa shape index (κ2) is 14.2. The molecule has 5 heteroatoms. The van der Waals surface area contributed by atoms with E-state index >= 15 is 0 Å². The zero-order valence-corrected chi connectivity index (χ0v) is 31.4. The second-order valence-electron chi connectivity index (χ2n) is 13.8. The molecule has 42 heavy (non-hydrogen) atoms. The van der Waals surface area contributed by atoms with Gasteiger partial charge in [-0.3, -0.25) is 0 Å². The predicted molar refractivity (Wildman–Crippen MR) is 189 cm³/mol. The Balaban J connectivity index is 1.98. The Morgan fingerprint density at radius 2 is 1.38 bits per heavy atom. The summed E-state index contributed by atoms with van der Waals surface area (Å²) < 4.78 is 15.2. The van der Waals surface area contributed by atoms with Gasteiger partial charge in [0.25, 0.3) is 0 Å². The summed E-state index contributed by atoms with van der Waals surface area (Å²) in [4.78, 5) is 5.34. The fourth-order valence-corrected chi connectivity index (χ4v) is 25.0. The number of rotatable bonds is 14. The van der Waals surface area contributed by atoms with E-state index in [0.29, 0.717) is 0 Å². The molecule has 0 saturated heterocycles. The Labute approximate surface area is 261 Å². The third-order valence-corrected chi connectivity index (χ3v) is 30.7. The first-order valence-corrected chi connectivity index (χ1v) is 26.8. The molecule has 226 valence electrons. The third-order valence-electron chi connectivity index (χ3n) is 9.85. The molecule has 0 aliphatic rings. The number of pyridine rings is 1. The van der Waals surface area contributed by atoms with Crippen molar-refractivity contribution in [2.75, 3.05) is 0 Å². The van der Waals surface area contributed by atoms with Gasteiger partial charge in [0, 0.05) is 0 Å². The minimum absolute atomic E-state index is 0.223. The summed E-state index contributed by atoms with van der Waals surface area (Å²) in [5.74, 6) is 1.74. The Morgan fingerprint density at radius 1 is 0.810 bits per heavy atom. The van der Waals surface area contributed by atoms with Crippen molar-refractivity contribution in [2.24, 2.45) is 0 Å². The van der Waals surface area contributed by atoms with Crippen LogP contribution in [0.1, 0.15) is 80.1 Å². The molecule has 0 unspecified atom stereocenters. The monoisotopic (exact) mass is 690 g/mol. The van der Waals surface area contributed by atoms with Crippen molar-refractivity contribution in [3.8, 4) is 22.6 Å². The molecule has 0 aliphatic carbocycles. The first kappa shape index (κ1) is 32.9. The number of hydrogen-bond acceptors (Lipinski definition) is 2. The average Bonchev–Trinajstić information content (AvgIpc) is 3.37. The second-order valence-corrected chi connectivity index (χ2v) is 32.0. The van der Waals surface area contributed by atoms with Gasteiger partial charge >= 0.3 is 262 Å². The van der Waals surface area contributed by atoms with E-state index in [1.165, 1.54) is 62.9 Å². The number of unbranched alkanes of at least 4 members (excludes halogenated alkanes) is 3. The summed E-state index contributed by atoms with van der Waals surface area (Å²) in [6.07, 6.45) is 12.7. The summed E-state index contributed by atoms with van der Waals surface area (Å²) in [6.45, 7) is 19.5. The number of aromatic nitrogens is 2. The van der Waals surface area contributed by atoms with Crippen molar-refractivity contribution in [1.29, 1.82) is 0 Å². The molecule has 2 aromatic carbocycles. The van der Waals surface area contributed by atoms with Crippen LogP contribution in [0.5, 0.6) is 11.5 Å². The van der Waals surface area contributed by atoms with Gasteiger partial charge in [0.05, 0.1) is 0 Å². The van der Waals surface area contributed by atoms with Crippen LogP contribution in [0.4, 0.5) is 0 Å². The van der Waals surface area contributed by atoms with Crippen molar-refractivity contribution in [1.82, 2.24) is 9.22 Å². The number of nitrogens with zero attached hydrogens (tertiary/aromatic N) is 2. The Hall–Kier alpha value is -2.05. The molecular formula is C37H54N2OSiSn. The van der Waals surface area contributed by atoms with E-state index in [4.69, 9.17) is 9.72 Å². The van der Waals surface area contributed by atoms with Crippen molar-refractivity contribution in [3.63, 3.8) is 0 Å². The van der Waals surface area contributed by atoms with Crippen LogP contribution in [-0.2, 0) is 0 Å². The minimum atomic E-state index is -2.79. The van der Waals surface area contributed by atoms with Gasteiger partial charge in [-0.1, -0.05) is 0 Å². The fourth-order valence-electron chi connectivity index (χ4n) is 6.20. The molecule has 0 bridgehead atoms. The standard InChI is InChI=1S/C25H27N2OSi.3C4H9.Sn/c1-25(2,3)29(4,5)27-16-15-19-17-20(18-26-24(19)27)22-13-9-10-14-23(22)28-21-11-7-6-8-12-21;3*1-3-4-2;/h6-14,16-18H,1-5H3;3*1,3-4H2,2H3;. The summed E-state index contributed by atoms with van der Waals surface area (Å²) in [7, 11) is -1.89. The van der Waals surface area contributed by atoms with E-state index in [1.54, 1.807) is 3.58 Å². The molecule has 2 aromatic heterocycles. The number of hydrogen-bond donors (Lipinski definition) is 0. The van der Waals surface area contributed by atoms with Crippen LogP contribution >= 0.6 is 0 Å². The molecule has 3 nitrogen and oxygen atoms in total. The maximum absolute atomic E-state index is 6.42. The molecule has 4 rings (SSSR count). The van der Waals surface area contributed by atoms with E-state index in [2.05, 4.69) is 102 Å². The zero-order valence-electron chi connectivity index (χ0n) is 27.6. The quantitative estimate of drug-likeness (QED) is 0.123. The summed E-state index contributed by atoms with van der Waals surface area (Å²) >= 11 is -2.79. The normalized spacial score (nSPS) is 12.7. The van der Waals surface area contributed by atoms with Gasteiger partial charge in [-0.25, -0.2) is 0 Å². The van der Waals surface area contributed by atoms with Crippen LogP contribution in [0.2, 0.25) is 31.4 Å². The maximum atomic E-state index is 6.42. The molecule has 2 heterocycles. The Kier molecular flexibility index (Phi) is 11.1. The number of para-hydroxylation sites is 2. The molecule has 0 spiro atoms. The van der Waals surface area contributed by atoms with Crippen LogP contribution in [0.25, 0.3) is 22.2 Å². The molecular weight excluding hydrogens is 635 g/mol. The van der Waals surface area contributed by atoms with Crippen molar-refractivity contribution in [3.05, 3.63) is 73.1 Å². The summed E-state index contributed by atoms with van der Waals surface area (Å²) in [5, 5.41) is 1.66. The van der Waals surface area contributed by atoms with E-state index in [-0.39, 0.29) is 5.04 Å². The zero-order chi connectivity index (χ0) is 30.4. The van der Waals surface area contributed by atoms with Crippen molar-refractivity contribution >= 4 is 41.2 Å². The van der Waals surface area contributed by atoms with Crippen molar-refractivity contribution < 1.29 is 4.74 Å². The third kappa shape index (κ3) is 7.01. The molecule has 0 amide bonds. The SMILES string of the molecule is CCC[CH2][Sn]([CH2]CCC)([CH2]CCC)[c]1cn([Si](C)(C)C(C)(C)C)c2ncc(-c3ccccc3Oc3ccccc3)cc12. The number of ether oxygens (including phenoxy) is 1. The van der Waals surface area contributed by atoms with Gasteiger partial charge in [-0.05, 0) is 0 Å². The van der Waals surface area contributed by atoms with Crippen LogP contribution in [-0.4, -0.2) is 35.8 Å². The number of benzene rings is 2. The van der Waals surface area contributed by atoms with Crippen molar-refractivity contribution in [2.45, 2.75) is 112 Å². The summed E-state index contributed by atoms with van der Waals surface area (Å²) in [5.41, 5.74) is 3.48. The molecule has 0 saturated carbocycles. The van der Waals surface area contributed by atoms with E-state index in [1.807, 2.05) is 30.3 Å². The van der Waals surface area contributed by atoms with Crippen LogP contribution in [0.15, 0.2) is 73.1 Å². The number of fused-ring (bicyclic) bond motifs is 1. The molecule has 0 aliphatic heterocycles. The van der Waals surface area contributed by atoms with E-state index in [9.17, 15) is 0 Å². The molecule has 0 atom stereocenters. The fraction of sp³-hybridized carbons (Fsp3) is 0.486. The Morgan fingerprint density at radius 3 is 1.95 bits per heavy atom. The first-order chi connectivity index (χ1) is 20.1. The van der Waals surface area contributed by atoms with E-state index in [0.717, 1.165) is 22.6 Å². The molecule has 0 N–H and O–H groups in total. The van der Waals surface area contributed by atoms with Crippen LogP contribution in [0, 0.1) is 0 Å². The van der Waals surface area contributed by atoms with E-state index < -0.39 is 26.6 Å². The van der Waals surface area contributed by atoms with Crippen LogP contribution < -0.4 is 8.32 Å². The van der Waals surface area contributed by atoms with Crippen LogP contribution in [0.3, 0.4) is 0 Å². The van der Waals surface area contributed by atoms with Gasteiger partial charge < -0.3 is 0 Å². The predicted octanol–water partition coefficient (Wildman–Crippen LogP) is 11.4. The topological polar surface area (TPSA) is 27.1 Å². The molecule has 4 aromatic rings. The Bertz CT molecular complexity index is 1420. The van der Waals surface area contributed by atoms with Gasteiger partial charge in [-0.15, -0.1) is 0 Å². The van der Waals surface area contributed by atoms with Gasteiger partial charge in [0.1, 0.15) is 0 Å². The van der Waals surface area contributed by atoms with Gasteiger partial charge in [-0.2, -0.15) is 0 Å². The molecule has 0 radical (unpaired) electrons. The van der Waals surface area contributed by atoms with Gasteiger partial charge in [0.2, 0.25) is 0 Å². The van der Waals surface area contributed by atoms with Gasteiger partial charge in [0.15, 0.2) is 0 Å². The average molecular weight is 690 g/mol.